The molecule has 7 nitrogen and oxygen atoms in total. The number of hydrogen-bond acceptors (Lipinski definition) is 6. The molecule has 2 N–H and O–H groups in total. The Kier molecular flexibility index (Phi) is 6.23. The van der Waals surface area contributed by atoms with Crippen molar-refractivity contribution >= 4 is 40.6 Å². The first-order valence-electron chi connectivity index (χ1n) is 8.79. The highest BCUT2D eigenvalue weighted by molar-refractivity contribution is 8.18. The third-order valence-corrected chi connectivity index (χ3v) is 4.96. The van der Waals surface area contributed by atoms with Crippen molar-refractivity contribution in [3.8, 4) is 11.5 Å². The van der Waals surface area contributed by atoms with Crippen LogP contribution < -0.4 is 14.8 Å². The fraction of sp³-hybridized carbons (Fsp3) is 0.190. The van der Waals surface area contributed by atoms with Crippen molar-refractivity contribution < 1.29 is 24.2 Å². The van der Waals surface area contributed by atoms with Crippen LogP contribution in [0.1, 0.15) is 18.1 Å². The number of thioether (sulfide) groups is 1. The quantitative estimate of drug-likeness (QED) is 0.702. The molecule has 1 saturated heterocycles. The summed E-state index contributed by atoms with van der Waals surface area (Å²) in [5.41, 5.74) is 2.61. The molecule has 150 valence electrons. The van der Waals surface area contributed by atoms with E-state index in [-0.39, 0.29) is 5.91 Å². The number of benzene rings is 2. The lowest BCUT2D eigenvalue weighted by molar-refractivity contribution is -0.144. The van der Waals surface area contributed by atoms with Crippen LogP contribution in [0.5, 0.6) is 11.5 Å². The molecule has 0 unspecified atom stereocenters. The minimum Gasteiger partial charge on any atom is -0.493 e. The summed E-state index contributed by atoms with van der Waals surface area (Å²) in [5.74, 6) is -0.614. The Labute approximate surface area is 172 Å². The molecular formula is C21H20N2O5S. The second-order valence-corrected chi connectivity index (χ2v) is 7.36. The van der Waals surface area contributed by atoms with Crippen molar-refractivity contribution in [2.75, 3.05) is 7.11 Å². The summed E-state index contributed by atoms with van der Waals surface area (Å²) in [6, 6.07) is 12.7. The second-order valence-electron chi connectivity index (χ2n) is 6.33. The van der Waals surface area contributed by atoms with Gasteiger partial charge in [-0.1, -0.05) is 23.8 Å². The van der Waals surface area contributed by atoms with Gasteiger partial charge in [-0.15, -0.1) is 0 Å². The normalized spacial score (nSPS) is 17.3. The predicted molar refractivity (Wildman–Crippen MR) is 113 cm³/mol. The molecule has 29 heavy (non-hydrogen) atoms. The molecule has 0 saturated carbocycles. The molecule has 0 radical (unpaired) electrons. The second kappa shape index (κ2) is 8.83. The fourth-order valence-corrected chi connectivity index (χ4v) is 3.32. The maximum atomic E-state index is 12.3. The van der Waals surface area contributed by atoms with E-state index in [1.54, 1.807) is 24.3 Å². The number of amides is 1. The maximum Gasteiger partial charge on any atom is 0.344 e. The van der Waals surface area contributed by atoms with Crippen molar-refractivity contribution in [3.05, 3.63) is 58.5 Å². The Bertz CT molecular complexity index is 999. The van der Waals surface area contributed by atoms with Crippen LogP contribution in [0.2, 0.25) is 0 Å². The first-order chi connectivity index (χ1) is 13.9. The van der Waals surface area contributed by atoms with Crippen LogP contribution in [-0.4, -0.2) is 35.4 Å². The Morgan fingerprint density at radius 3 is 2.59 bits per heavy atom. The van der Waals surface area contributed by atoms with Gasteiger partial charge in [0.2, 0.25) is 0 Å². The van der Waals surface area contributed by atoms with Crippen molar-refractivity contribution in [3.63, 3.8) is 0 Å². The highest BCUT2D eigenvalue weighted by Gasteiger charge is 2.24. The number of nitrogens with zero attached hydrogens (tertiary/aromatic N) is 1. The van der Waals surface area contributed by atoms with Gasteiger partial charge < -0.3 is 19.9 Å². The van der Waals surface area contributed by atoms with Crippen molar-refractivity contribution in [2.45, 2.75) is 20.0 Å². The number of carboxylic acid groups (broad SMARTS) is 1. The molecule has 0 aromatic heterocycles. The number of carbonyl (C=O) groups is 2. The zero-order chi connectivity index (χ0) is 21.0. The highest BCUT2D eigenvalue weighted by Crippen LogP contribution is 2.32. The third-order valence-electron chi connectivity index (χ3n) is 4.05. The maximum absolute atomic E-state index is 12.3. The number of carbonyl (C=O) groups excluding carboxylic acids is 1. The van der Waals surface area contributed by atoms with Crippen molar-refractivity contribution in [1.82, 2.24) is 5.32 Å². The molecule has 2 aromatic carbocycles. The summed E-state index contributed by atoms with van der Waals surface area (Å²) in [7, 11) is 1.47. The van der Waals surface area contributed by atoms with Gasteiger partial charge in [0.05, 0.1) is 17.7 Å². The lowest BCUT2D eigenvalue weighted by Gasteiger charge is -2.14. The number of carboxylic acids is 1. The molecular weight excluding hydrogens is 392 g/mol. The van der Waals surface area contributed by atoms with Gasteiger partial charge in [-0.05, 0) is 61.5 Å². The zero-order valence-corrected chi connectivity index (χ0v) is 16.9. The first-order valence-corrected chi connectivity index (χ1v) is 9.61. The highest BCUT2D eigenvalue weighted by atomic mass is 32.2. The molecule has 0 spiro atoms. The molecule has 1 heterocycles. The Morgan fingerprint density at radius 2 is 1.93 bits per heavy atom. The average molecular weight is 412 g/mol. The summed E-state index contributed by atoms with van der Waals surface area (Å²) in [5, 5.41) is 12.2. The van der Waals surface area contributed by atoms with E-state index in [9.17, 15) is 9.59 Å². The number of hydrogen-bond donors (Lipinski definition) is 2. The number of rotatable bonds is 6. The van der Waals surface area contributed by atoms with Crippen molar-refractivity contribution in [2.24, 2.45) is 4.99 Å². The van der Waals surface area contributed by atoms with Crippen LogP contribution in [0.15, 0.2) is 52.4 Å². The zero-order valence-electron chi connectivity index (χ0n) is 16.1. The van der Waals surface area contributed by atoms with E-state index < -0.39 is 12.1 Å². The number of nitrogens with one attached hydrogen (secondary N) is 1. The standard InChI is InChI=1S/C21H20N2O5S/c1-12-4-7-15(8-5-12)22-21-23-19(24)18(29-21)11-14-6-9-16(17(10-14)27-3)28-13(2)20(25)26/h4-11,13H,1-3H3,(H,25,26)(H,22,23,24)/b18-11-/t13-/m1/s1. The van der Waals surface area contributed by atoms with Gasteiger partial charge >= 0.3 is 5.97 Å². The third kappa shape index (κ3) is 5.17. The largest absolute Gasteiger partial charge is 0.493 e. The van der Waals surface area contributed by atoms with Crippen LogP contribution in [0.4, 0.5) is 5.69 Å². The van der Waals surface area contributed by atoms with Gasteiger partial charge in [0.15, 0.2) is 22.8 Å². The number of methoxy groups -OCH3 is 1. The lowest BCUT2D eigenvalue weighted by atomic mass is 10.2. The molecule has 0 bridgehead atoms. The molecule has 1 fully saturated rings. The van der Waals surface area contributed by atoms with Crippen LogP contribution >= 0.6 is 11.8 Å². The van der Waals surface area contributed by atoms with Gasteiger partial charge in [0.25, 0.3) is 5.91 Å². The van der Waals surface area contributed by atoms with Crippen LogP contribution in [0.3, 0.4) is 0 Å². The molecule has 0 aliphatic carbocycles. The monoisotopic (exact) mass is 412 g/mol. The van der Waals surface area contributed by atoms with Gasteiger partial charge in [-0.25, -0.2) is 9.79 Å². The van der Waals surface area contributed by atoms with E-state index in [0.29, 0.717) is 27.1 Å². The summed E-state index contributed by atoms with van der Waals surface area (Å²) in [4.78, 5) is 28.2. The molecule has 2 aromatic rings. The van der Waals surface area contributed by atoms with E-state index in [1.807, 2.05) is 31.2 Å². The SMILES string of the molecule is COc1cc(/C=C2\SC(=Nc3ccc(C)cc3)NC2=O)ccc1O[C@H](C)C(=O)O. The van der Waals surface area contributed by atoms with Crippen LogP contribution in [0, 0.1) is 6.92 Å². The fourth-order valence-electron chi connectivity index (χ4n) is 2.48. The summed E-state index contributed by atoms with van der Waals surface area (Å²) >= 11 is 1.25. The molecule has 1 atom stereocenters. The van der Waals surface area contributed by atoms with E-state index in [2.05, 4.69) is 10.3 Å². The molecule has 3 rings (SSSR count). The molecule has 8 heteroatoms. The Hall–Kier alpha value is -3.26. The summed E-state index contributed by atoms with van der Waals surface area (Å²) < 4.78 is 10.7. The smallest absolute Gasteiger partial charge is 0.344 e. The van der Waals surface area contributed by atoms with Gasteiger partial charge in [-0.3, -0.25) is 4.79 Å². The molecule has 1 aliphatic rings. The minimum atomic E-state index is -1.07. The van der Waals surface area contributed by atoms with E-state index in [0.717, 1.165) is 11.3 Å². The number of ether oxygens (including phenoxy) is 2. The predicted octanol–water partition coefficient (Wildman–Crippen LogP) is 3.75. The van der Waals surface area contributed by atoms with Gasteiger partial charge in [0, 0.05) is 0 Å². The Balaban J connectivity index is 1.79. The topological polar surface area (TPSA) is 97.2 Å². The minimum absolute atomic E-state index is 0.236. The average Bonchev–Trinajstić information content (AvgIpc) is 3.03. The number of aryl methyl sites for hydroxylation is 1. The van der Waals surface area contributed by atoms with Crippen LogP contribution in [-0.2, 0) is 9.59 Å². The number of aliphatic carboxylic acids is 1. The van der Waals surface area contributed by atoms with Gasteiger partial charge in [-0.2, -0.15) is 0 Å². The van der Waals surface area contributed by atoms with Gasteiger partial charge in [0.1, 0.15) is 0 Å². The Morgan fingerprint density at radius 1 is 1.21 bits per heavy atom. The molecule has 1 amide bonds. The molecule has 1 aliphatic heterocycles. The van der Waals surface area contributed by atoms with E-state index >= 15 is 0 Å². The number of amidine groups is 1. The van der Waals surface area contributed by atoms with E-state index in [4.69, 9.17) is 14.6 Å². The lowest BCUT2D eigenvalue weighted by Crippen LogP contribution is -2.23. The number of aliphatic imine (C=N–C) groups is 1. The summed E-state index contributed by atoms with van der Waals surface area (Å²) in [6.45, 7) is 3.43. The first kappa shape index (κ1) is 20.5. The summed E-state index contributed by atoms with van der Waals surface area (Å²) in [6.07, 6.45) is 0.703. The van der Waals surface area contributed by atoms with E-state index in [1.165, 1.54) is 25.8 Å². The van der Waals surface area contributed by atoms with Crippen molar-refractivity contribution in [1.29, 1.82) is 0 Å². The van der Waals surface area contributed by atoms with Crippen LogP contribution in [0.25, 0.3) is 6.08 Å².